The van der Waals surface area contributed by atoms with Crippen molar-refractivity contribution in [1.29, 1.82) is 0 Å². The van der Waals surface area contributed by atoms with Gasteiger partial charge in [-0.25, -0.2) is 8.42 Å². The Balaban J connectivity index is 1.63. The number of nitrogens with one attached hydrogen (secondary N) is 1. The Bertz CT molecular complexity index is 1430. The number of benzene rings is 3. The molecule has 0 fully saturated rings. The molecule has 1 amide bonds. The minimum atomic E-state index is -3.65. The van der Waals surface area contributed by atoms with E-state index in [1.165, 1.54) is 11.8 Å². The van der Waals surface area contributed by atoms with Gasteiger partial charge in [0.25, 0.3) is 0 Å². The van der Waals surface area contributed by atoms with Gasteiger partial charge in [-0.3, -0.25) is 9.36 Å². The molecule has 3 aromatic carbocycles. The van der Waals surface area contributed by atoms with Crippen molar-refractivity contribution in [3.8, 4) is 5.69 Å². The first kappa shape index (κ1) is 25.7. The summed E-state index contributed by atoms with van der Waals surface area (Å²) < 4.78 is 28.1. The maximum atomic E-state index is 13.2. The van der Waals surface area contributed by atoms with Crippen molar-refractivity contribution in [3.05, 3.63) is 95.8 Å². The summed E-state index contributed by atoms with van der Waals surface area (Å²) in [6, 6.07) is 23.7. The van der Waals surface area contributed by atoms with E-state index in [2.05, 4.69) is 15.5 Å². The normalized spacial score (nSPS) is 12.3. The summed E-state index contributed by atoms with van der Waals surface area (Å²) in [6.45, 7) is 5.83. The molecule has 4 aromatic rings. The van der Waals surface area contributed by atoms with E-state index in [1.807, 2.05) is 75.4 Å². The quantitative estimate of drug-likeness (QED) is 0.298. The van der Waals surface area contributed by atoms with Crippen LogP contribution in [0.2, 0.25) is 0 Å². The fourth-order valence-corrected chi connectivity index (χ4v) is 5.85. The zero-order chi connectivity index (χ0) is 25.7. The van der Waals surface area contributed by atoms with Crippen LogP contribution in [0.15, 0.2) is 88.9 Å². The third-order valence-electron chi connectivity index (χ3n) is 5.64. The van der Waals surface area contributed by atoms with Crippen LogP contribution in [0.5, 0.6) is 0 Å². The van der Waals surface area contributed by atoms with Gasteiger partial charge in [-0.2, -0.15) is 0 Å². The van der Waals surface area contributed by atoms with E-state index in [0.717, 1.165) is 22.5 Å². The second-order valence-electron chi connectivity index (χ2n) is 8.51. The van der Waals surface area contributed by atoms with Crippen molar-refractivity contribution in [2.24, 2.45) is 0 Å². The second-order valence-corrected chi connectivity index (χ2v) is 11.7. The molecule has 36 heavy (non-hydrogen) atoms. The molecule has 0 bridgehead atoms. The van der Waals surface area contributed by atoms with Crippen molar-refractivity contribution in [2.75, 3.05) is 5.32 Å². The molecule has 186 valence electrons. The number of hydrogen-bond donors (Lipinski definition) is 1. The molecule has 1 N–H and O–H groups in total. The average Bonchev–Trinajstić information content (AvgIpc) is 3.25. The maximum Gasteiger partial charge on any atom is 0.237 e. The Morgan fingerprint density at radius 3 is 2.14 bits per heavy atom. The van der Waals surface area contributed by atoms with E-state index >= 15 is 0 Å². The summed E-state index contributed by atoms with van der Waals surface area (Å²) in [5.41, 5.74) is 3.54. The molecule has 0 aliphatic heterocycles. The molecule has 1 aromatic heterocycles. The molecule has 1 atom stereocenters. The molecule has 0 radical (unpaired) electrons. The number of sulfone groups is 1. The van der Waals surface area contributed by atoms with Crippen molar-refractivity contribution in [2.45, 2.75) is 48.2 Å². The van der Waals surface area contributed by atoms with E-state index in [-0.39, 0.29) is 22.4 Å². The molecule has 9 heteroatoms. The average molecular weight is 521 g/mol. The highest BCUT2D eigenvalue weighted by Gasteiger charge is 2.26. The van der Waals surface area contributed by atoms with Gasteiger partial charge in [0, 0.05) is 11.4 Å². The first-order chi connectivity index (χ1) is 17.3. The summed E-state index contributed by atoms with van der Waals surface area (Å²) in [5, 5.41) is 11.5. The van der Waals surface area contributed by atoms with Crippen LogP contribution in [0.25, 0.3) is 5.69 Å². The number of anilines is 1. The van der Waals surface area contributed by atoms with Gasteiger partial charge in [0.2, 0.25) is 5.91 Å². The molecule has 4 rings (SSSR count). The smallest absolute Gasteiger partial charge is 0.237 e. The fourth-order valence-electron chi connectivity index (χ4n) is 3.61. The Labute approximate surface area is 215 Å². The minimum absolute atomic E-state index is 0.150. The van der Waals surface area contributed by atoms with Crippen LogP contribution in [-0.2, 0) is 20.4 Å². The molecular weight excluding hydrogens is 492 g/mol. The van der Waals surface area contributed by atoms with E-state index in [4.69, 9.17) is 0 Å². The highest BCUT2D eigenvalue weighted by atomic mass is 32.2. The fraction of sp³-hybridized carbons (Fsp3) is 0.222. The molecule has 1 heterocycles. The topological polar surface area (TPSA) is 93.9 Å². The maximum absolute atomic E-state index is 13.2. The number of carbonyl (C=O) groups is 1. The van der Waals surface area contributed by atoms with Crippen LogP contribution in [-0.4, -0.2) is 34.3 Å². The van der Waals surface area contributed by atoms with Crippen LogP contribution in [0.4, 0.5) is 5.69 Å². The molecule has 7 nitrogen and oxygen atoms in total. The summed E-state index contributed by atoms with van der Waals surface area (Å²) in [7, 11) is -3.65. The van der Waals surface area contributed by atoms with Crippen LogP contribution < -0.4 is 5.32 Å². The van der Waals surface area contributed by atoms with Crippen molar-refractivity contribution in [3.63, 3.8) is 0 Å². The lowest BCUT2D eigenvalue weighted by Gasteiger charge is -2.16. The second kappa shape index (κ2) is 11.1. The van der Waals surface area contributed by atoms with Gasteiger partial charge >= 0.3 is 0 Å². The van der Waals surface area contributed by atoms with E-state index in [0.29, 0.717) is 11.6 Å². The molecule has 1 unspecified atom stereocenters. The largest absolute Gasteiger partial charge is 0.325 e. The van der Waals surface area contributed by atoms with Gasteiger partial charge in [-0.15, -0.1) is 10.2 Å². The lowest BCUT2D eigenvalue weighted by Crippen LogP contribution is -2.25. The number of aromatic nitrogens is 3. The number of para-hydroxylation sites is 1. The third-order valence-corrected chi connectivity index (χ3v) is 8.58. The molecule has 0 saturated carbocycles. The summed E-state index contributed by atoms with van der Waals surface area (Å²) in [6.07, 6.45) is 0.557. The van der Waals surface area contributed by atoms with Crippen molar-refractivity contribution >= 4 is 33.2 Å². The molecule has 0 aliphatic rings. The third kappa shape index (κ3) is 6.03. The minimum Gasteiger partial charge on any atom is -0.325 e. The lowest BCUT2D eigenvalue weighted by atomic mass is 10.2. The first-order valence-corrected chi connectivity index (χ1v) is 14.1. The molecule has 0 spiro atoms. The molecule has 0 saturated heterocycles. The van der Waals surface area contributed by atoms with E-state index < -0.39 is 15.1 Å². The number of hydrogen-bond acceptors (Lipinski definition) is 6. The number of rotatable bonds is 9. The van der Waals surface area contributed by atoms with E-state index in [9.17, 15) is 13.2 Å². The van der Waals surface area contributed by atoms with E-state index in [1.54, 1.807) is 28.8 Å². The van der Waals surface area contributed by atoms with Crippen molar-refractivity contribution in [1.82, 2.24) is 14.8 Å². The molecular formula is C27H28N4O3S2. The standard InChI is InChI=1S/C27H28N4O3S2/c1-4-24(26(32)28-21-14-10-19(2)11-15-21)35-27-30-29-25(31(27)22-8-6-5-7-9-22)18-36(33,34)23-16-12-20(3)13-17-23/h5-17,24H,4,18H2,1-3H3,(H,28,32). The Hall–Kier alpha value is -3.43. The first-order valence-electron chi connectivity index (χ1n) is 11.6. The number of nitrogens with zero attached hydrogens (tertiary/aromatic N) is 3. The molecule has 0 aliphatic carbocycles. The van der Waals surface area contributed by atoms with Crippen molar-refractivity contribution < 1.29 is 13.2 Å². The number of thioether (sulfide) groups is 1. The number of amides is 1. The number of aryl methyl sites for hydroxylation is 2. The van der Waals surface area contributed by atoms with Crippen LogP contribution in [0.1, 0.15) is 30.3 Å². The SMILES string of the molecule is CCC(Sc1nnc(CS(=O)(=O)c2ccc(C)cc2)n1-c1ccccc1)C(=O)Nc1ccc(C)cc1. The lowest BCUT2D eigenvalue weighted by molar-refractivity contribution is -0.115. The highest BCUT2D eigenvalue weighted by Crippen LogP contribution is 2.29. The van der Waals surface area contributed by atoms with Crippen LogP contribution >= 0.6 is 11.8 Å². The van der Waals surface area contributed by atoms with Gasteiger partial charge in [0.15, 0.2) is 20.8 Å². The predicted molar refractivity (Wildman–Crippen MR) is 143 cm³/mol. The zero-order valence-corrected chi connectivity index (χ0v) is 22.0. The number of carbonyl (C=O) groups excluding carboxylic acids is 1. The Kier molecular flexibility index (Phi) is 7.91. The van der Waals surface area contributed by atoms with Gasteiger partial charge in [-0.1, -0.05) is 72.3 Å². The highest BCUT2D eigenvalue weighted by molar-refractivity contribution is 8.00. The van der Waals surface area contributed by atoms with Gasteiger partial charge in [0.1, 0.15) is 5.75 Å². The Morgan fingerprint density at radius 2 is 1.53 bits per heavy atom. The van der Waals surface area contributed by atoms with Crippen LogP contribution in [0, 0.1) is 13.8 Å². The van der Waals surface area contributed by atoms with Gasteiger partial charge < -0.3 is 5.32 Å². The summed E-state index contributed by atoms with van der Waals surface area (Å²) in [5.74, 6) is -0.175. The zero-order valence-electron chi connectivity index (χ0n) is 20.4. The van der Waals surface area contributed by atoms with Gasteiger partial charge in [-0.05, 0) is 56.7 Å². The predicted octanol–water partition coefficient (Wildman–Crippen LogP) is 5.37. The van der Waals surface area contributed by atoms with Crippen LogP contribution in [0.3, 0.4) is 0 Å². The van der Waals surface area contributed by atoms with Gasteiger partial charge in [0.05, 0.1) is 10.1 Å². The summed E-state index contributed by atoms with van der Waals surface area (Å²) >= 11 is 1.27. The summed E-state index contributed by atoms with van der Waals surface area (Å²) in [4.78, 5) is 13.3. The Morgan fingerprint density at radius 1 is 0.917 bits per heavy atom. The monoisotopic (exact) mass is 520 g/mol.